The van der Waals surface area contributed by atoms with Crippen molar-refractivity contribution < 1.29 is 0 Å². The predicted octanol–water partition coefficient (Wildman–Crippen LogP) is 18.8. The van der Waals surface area contributed by atoms with Crippen LogP contribution in [0.15, 0.2) is 267 Å². The Morgan fingerprint density at radius 3 is 1.45 bits per heavy atom. The first-order valence-corrected chi connectivity index (χ1v) is 23.9. The average Bonchev–Trinajstić information content (AvgIpc) is 3.64. The number of para-hydroxylation sites is 2. The summed E-state index contributed by atoms with van der Waals surface area (Å²) in [5.41, 5.74) is 21.1. The van der Waals surface area contributed by atoms with Gasteiger partial charge in [0.25, 0.3) is 0 Å². The number of benzene rings is 11. The summed E-state index contributed by atoms with van der Waals surface area (Å²) in [5, 5.41) is 2.47. The van der Waals surface area contributed by atoms with Crippen LogP contribution in [0.5, 0.6) is 0 Å². The van der Waals surface area contributed by atoms with Crippen LogP contribution in [0.2, 0.25) is 0 Å². The fraction of sp³-hybridized carbons (Fsp3) is 0.0448. The third kappa shape index (κ3) is 7.67. The van der Waals surface area contributed by atoms with Crippen molar-refractivity contribution in [1.82, 2.24) is 0 Å². The van der Waals surface area contributed by atoms with E-state index < -0.39 is 0 Å². The highest BCUT2D eigenvalue weighted by atomic mass is 15.2. The summed E-state index contributed by atoms with van der Waals surface area (Å²) in [5.74, 6) is 0. The van der Waals surface area contributed by atoms with E-state index in [1.807, 2.05) is 0 Å². The lowest BCUT2D eigenvalue weighted by molar-refractivity contribution is 0.660. The van der Waals surface area contributed by atoms with Crippen LogP contribution in [0.3, 0.4) is 0 Å². The van der Waals surface area contributed by atoms with Gasteiger partial charge in [0, 0.05) is 39.5 Å². The lowest BCUT2D eigenvalue weighted by Gasteiger charge is -2.31. The molecule has 12 rings (SSSR count). The number of nitrogens with zero attached hydrogens (tertiary/aromatic N) is 2. The quantitative estimate of drug-likeness (QED) is 0.135. The Morgan fingerprint density at radius 2 is 0.754 bits per heavy atom. The summed E-state index contributed by atoms with van der Waals surface area (Å²) in [6.45, 7) is 4.72. The summed E-state index contributed by atoms with van der Waals surface area (Å²) >= 11 is 0. The molecular formula is C67H50N2. The summed E-state index contributed by atoms with van der Waals surface area (Å²) in [6, 6.07) is 97.5. The minimum absolute atomic E-state index is 0.158. The number of anilines is 6. The van der Waals surface area contributed by atoms with E-state index in [2.05, 4.69) is 291 Å². The maximum Gasteiger partial charge on any atom is 0.0488 e. The molecule has 0 aliphatic heterocycles. The monoisotopic (exact) mass is 882 g/mol. The molecule has 2 nitrogen and oxygen atoms in total. The molecule has 2 heteroatoms. The van der Waals surface area contributed by atoms with Gasteiger partial charge >= 0.3 is 0 Å². The first-order chi connectivity index (χ1) is 34.0. The molecule has 0 unspecified atom stereocenters. The molecule has 11 aromatic rings. The van der Waals surface area contributed by atoms with Gasteiger partial charge in [-0.05, 0) is 150 Å². The molecule has 0 atom stereocenters. The average molecular weight is 883 g/mol. The van der Waals surface area contributed by atoms with Gasteiger partial charge in [0.05, 0.1) is 0 Å². The molecule has 69 heavy (non-hydrogen) atoms. The van der Waals surface area contributed by atoms with E-state index in [4.69, 9.17) is 0 Å². The highest BCUT2D eigenvalue weighted by molar-refractivity contribution is 6.04. The van der Waals surface area contributed by atoms with Crippen molar-refractivity contribution in [3.8, 4) is 55.6 Å². The number of rotatable bonds is 10. The van der Waals surface area contributed by atoms with Gasteiger partial charge in [0.1, 0.15) is 0 Å². The molecule has 1 aliphatic carbocycles. The summed E-state index contributed by atoms with van der Waals surface area (Å²) in [4.78, 5) is 4.84. The largest absolute Gasteiger partial charge is 0.310 e. The number of fused-ring (bicyclic) bond motifs is 4. The fourth-order valence-electron chi connectivity index (χ4n) is 10.6. The predicted molar refractivity (Wildman–Crippen MR) is 293 cm³/mol. The van der Waals surface area contributed by atoms with Crippen molar-refractivity contribution in [2.45, 2.75) is 19.3 Å². The second-order valence-corrected chi connectivity index (χ2v) is 18.5. The third-order valence-electron chi connectivity index (χ3n) is 14.0. The van der Waals surface area contributed by atoms with E-state index in [9.17, 15) is 0 Å². The van der Waals surface area contributed by atoms with Crippen LogP contribution in [0.4, 0.5) is 34.1 Å². The van der Waals surface area contributed by atoms with E-state index in [0.29, 0.717) is 0 Å². The second-order valence-electron chi connectivity index (χ2n) is 18.5. The minimum atomic E-state index is -0.158. The Kier molecular flexibility index (Phi) is 10.6. The molecule has 0 spiro atoms. The molecule has 0 N–H and O–H groups in total. The van der Waals surface area contributed by atoms with E-state index in [0.717, 1.165) is 45.3 Å². The van der Waals surface area contributed by atoms with Crippen molar-refractivity contribution in [3.05, 3.63) is 278 Å². The van der Waals surface area contributed by atoms with Gasteiger partial charge in [-0.25, -0.2) is 0 Å². The van der Waals surface area contributed by atoms with Crippen molar-refractivity contribution in [2.75, 3.05) is 9.80 Å². The molecule has 0 amide bonds. The van der Waals surface area contributed by atoms with Crippen LogP contribution in [-0.4, -0.2) is 0 Å². The molecule has 0 aromatic heterocycles. The van der Waals surface area contributed by atoms with Crippen molar-refractivity contribution >= 4 is 44.9 Å². The zero-order valence-electron chi connectivity index (χ0n) is 38.8. The zero-order valence-corrected chi connectivity index (χ0v) is 38.8. The van der Waals surface area contributed by atoms with Gasteiger partial charge in [-0.1, -0.05) is 208 Å². The SMILES string of the molecule is CC1(C)c2ccccc2-c2ccc(N(c3ccccc3)c3cc(-c4cccc(-c5ccc6ccccc6c5-c5ccccc5)c4)cc(N(c4ccccc4)c4ccc(-c5ccccc5)cc4)c3)cc21. The van der Waals surface area contributed by atoms with E-state index >= 15 is 0 Å². The van der Waals surface area contributed by atoms with Gasteiger partial charge in [-0.3, -0.25) is 0 Å². The van der Waals surface area contributed by atoms with Gasteiger partial charge in [-0.15, -0.1) is 0 Å². The van der Waals surface area contributed by atoms with Gasteiger partial charge in [0.2, 0.25) is 0 Å². The third-order valence-corrected chi connectivity index (χ3v) is 14.0. The topological polar surface area (TPSA) is 6.48 Å². The van der Waals surface area contributed by atoms with Gasteiger partial charge < -0.3 is 9.80 Å². The summed E-state index contributed by atoms with van der Waals surface area (Å²) in [7, 11) is 0. The van der Waals surface area contributed by atoms with Crippen LogP contribution in [0.25, 0.3) is 66.4 Å². The van der Waals surface area contributed by atoms with Crippen LogP contribution < -0.4 is 9.80 Å². The summed E-state index contributed by atoms with van der Waals surface area (Å²) < 4.78 is 0. The highest BCUT2D eigenvalue weighted by Gasteiger charge is 2.36. The van der Waals surface area contributed by atoms with Crippen molar-refractivity contribution in [2.24, 2.45) is 0 Å². The second kappa shape index (κ2) is 17.5. The minimum Gasteiger partial charge on any atom is -0.310 e. The first-order valence-electron chi connectivity index (χ1n) is 23.9. The molecule has 0 heterocycles. The summed E-state index contributed by atoms with van der Waals surface area (Å²) in [6.07, 6.45) is 0. The Balaban J connectivity index is 1.08. The van der Waals surface area contributed by atoms with Crippen molar-refractivity contribution in [3.63, 3.8) is 0 Å². The molecule has 0 bridgehead atoms. The van der Waals surface area contributed by atoms with E-state index in [-0.39, 0.29) is 5.41 Å². The maximum atomic E-state index is 2.44. The molecule has 0 radical (unpaired) electrons. The number of hydrogen-bond acceptors (Lipinski definition) is 2. The molecular weight excluding hydrogens is 833 g/mol. The van der Waals surface area contributed by atoms with Gasteiger partial charge in [-0.2, -0.15) is 0 Å². The molecule has 0 saturated heterocycles. The van der Waals surface area contributed by atoms with Crippen LogP contribution >= 0.6 is 0 Å². The Hall–Kier alpha value is -8.72. The van der Waals surface area contributed by atoms with Crippen LogP contribution in [0, 0.1) is 0 Å². The molecule has 0 saturated carbocycles. The Bertz CT molecular complexity index is 3620. The lowest BCUT2D eigenvalue weighted by Crippen LogP contribution is -2.17. The Labute approximate surface area is 405 Å². The molecule has 0 fully saturated rings. The maximum absolute atomic E-state index is 2.44. The lowest BCUT2D eigenvalue weighted by atomic mass is 9.82. The fourth-order valence-corrected chi connectivity index (χ4v) is 10.6. The standard InChI is InChI=1S/C67H50N2/c1-67(2)64-33-18-17-32-62(64)63-41-39-57(46-65(63)67)69(55-29-13-6-14-30-55)59-44-53(43-58(45-59)68(54-27-11-5-12-28-54)56-37-34-48(35-38-56)47-20-7-3-8-21-47)51-25-19-26-52(42-51)61-40-36-49-22-15-16-31-60(49)66(61)50-23-9-4-10-24-50/h3-46H,1-2H3. The Morgan fingerprint density at radius 1 is 0.261 bits per heavy atom. The zero-order chi connectivity index (χ0) is 46.3. The van der Waals surface area contributed by atoms with E-state index in [1.165, 1.54) is 66.4 Å². The normalized spacial score (nSPS) is 12.3. The highest BCUT2D eigenvalue weighted by Crippen LogP contribution is 2.51. The van der Waals surface area contributed by atoms with Crippen LogP contribution in [0.1, 0.15) is 25.0 Å². The first kappa shape index (κ1) is 41.7. The molecule has 1 aliphatic rings. The van der Waals surface area contributed by atoms with E-state index in [1.54, 1.807) is 0 Å². The van der Waals surface area contributed by atoms with Gasteiger partial charge in [0.15, 0.2) is 0 Å². The molecule has 11 aromatic carbocycles. The number of hydrogen-bond donors (Lipinski definition) is 0. The smallest absolute Gasteiger partial charge is 0.0488 e. The van der Waals surface area contributed by atoms with Crippen molar-refractivity contribution in [1.29, 1.82) is 0 Å². The molecule has 328 valence electrons. The van der Waals surface area contributed by atoms with Crippen LogP contribution in [-0.2, 0) is 5.41 Å².